The minimum atomic E-state index is -0.274. The molecule has 25 heavy (non-hydrogen) atoms. The van der Waals surface area contributed by atoms with Crippen molar-refractivity contribution in [2.24, 2.45) is 0 Å². The van der Waals surface area contributed by atoms with E-state index in [-0.39, 0.29) is 11.2 Å². The second-order valence-electron chi connectivity index (χ2n) is 6.11. The second kappa shape index (κ2) is 8.59. The summed E-state index contributed by atoms with van der Waals surface area (Å²) in [4.78, 5) is 0. The third-order valence-electron chi connectivity index (χ3n) is 4.03. The van der Waals surface area contributed by atoms with E-state index >= 15 is 0 Å². The molecule has 0 fully saturated rings. The van der Waals surface area contributed by atoms with Crippen LogP contribution in [0.4, 0.5) is 0 Å². The van der Waals surface area contributed by atoms with Gasteiger partial charge in [0.1, 0.15) is 11.5 Å². The van der Waals surface area contributed by atoms with Crippen LogP contribution in [-0.2, 0) is 5.41 Å². The summed E-state index contributed by atoms with van der Waals surface area (Å²) in [6.45, 7) is 8.58. The van der Waals surface area contributed by atoms with Crippen LogP contribution in [-0.4, -0.2) is 11.7 Å². The van der Waals surface area contributed by atoms with Crippen molar-refractivity contribution in [2.75, 3.05) is 6.61 Å². The van der Waals surface area contributed by atoms with Crippen LogP contribution in [0.1, 0.15) is 31.4 Å². The van der Waals surface area contributed by atoms with Gasteiger partial charge in [0.2, 0.25) is 0 Å². The minimum absolute atomic E-state index is 0.202. The Morgan fingerprint density at radius 2 is 1.40 bits per heavy atom. The summed E-state index contributed by atoms with van der Waals surface area (Å²) in [5.41, 5.74) is 1.92. The van der Waals surface area contributed by atoms with Crippen molar-refractivity contribution >= 4 is 63.7 Å². The fourth-order valence-corrected chi connectivity index (χ4v) is 5.00. The number of phenols is 1. The van der Waals surface area contributed by atoms with Gasteiger partial charge in [0, 0.05) is 5.41 Å². The molecule has 134 valence electrons. The first-order chi connectivity index (χ1) is 11.7. The van der Waals surface area contributed by atoms with E-state index < -0.39 is 0 Å². The Morgan fingerprint density at radius 1 is 0.960 bits per heavy atom. The van der Waals surface area contributed by atoms with Crippen molar-refractivity contribution in [3.63, 3.8) is 0 Å². The van der Waals surface area contributed by atoms with E-state index in [4.69, 9.17) is 4.74 Å². The summed E-state index contributed by atoms with van der Waals surface area (Å²) in [6.07, 6.45) is 2.63. The number of ether oxygens (including phenoxy) is 1. The molecule has 0 saturated heterocycles. The van der Waals surface area contributed by atoms with Crippen molar-refractivity contribution in [3.05, 3.63) is 65.9 Å². The number of benzene rings is 2. The minimum Gasteiger partial charge on any atom is -0.506 e. The van der Waals surface area contributed by atoms with Gasteiger partial charge in [0.25, 0.3) is 0 Å². The lowest BCUT2D eigenvalue weighted by molar-refractivity contribution is 0.320. The maximum Gasteiger partial charge on any atom is 0.147 e. The van der Waals surface area contributed by atoms with Gasteiger partial charge in [-0.05, 0) is 106 Å². The molecule has 2 nitrogen and oxygen atoms in total. The van der Waals surface area contributed by atoms with Gasteiger partial charge in [-0.25, -0.2) is 0 Å². The quantitative estimate of drug-likeness (QED) is 0.273. The second-order valence-corrected chi connectivity index (χ2v) is 9.53. The first-order valence-electron chi connectivity index (χ1n) is 7.60. The smallest absolute Gasteiger partial charge is 0.147 e. The molecule has 0 amide bonds. The molecule has 0 aromatic heterocycles. The van der Waals surface area contributed by atoms with Gasteiger partial charge in [-0.15, -0.1) is 6.58 Å². The van der Waals surface area contributed by atoms with Crippen molar-refractivity contribution in [2.45, 2.75) is 25.7 Å². The molecule has 0 spiro atoms. The third kappa shape index (κ3) is 4.71. The molecule has 0 aliphatic rings. The Balaban J connectivity index is 2.44. The Morgan fingerprint density at radius 3 is 1.84 bits per heavy atom. The molecule has 0 radical (unpaired) electrons. The highest BCUT2D eigenvalue weighted by atomic mass is 79.9. The molecule has 0 bridgehead atoms. The topological polar surface area (TPSA) is 29.5 Å². The summed E-state index contributed by atoms with van der Waals surface area (Å²) >= 11 is 14.1. The van der Waals surface area contributed by atoms with Gasteiger partial charge in [0.15, 0.2) is 0 Å². The Bertz CT molecular complexity index is 754. The fraction of sp³-hybridized carbons (Fsp3) is 0.263. The molecule has 0 atom stereocenters. The fourth-order valence-electron chi connectivity index (χ4n) is 2.40. The average molecular weight is 598 g/mol. The Hall–Kier alpha value is -0.300. The van der Waals surface area contributed by atoms with Crippen LogP contribution in [0, 0.1) is 0 Å². The maximum absolute atomic E-state index is 9.96. The third-order valence-corrected chi connectivity index (χ3v) is 6.41. The molecule has 6 heteroatoms. The van der Waals surface area contributed by atoms with E-state index in [1.807, 2.05) is 18.2 Å². The SMILES string of the molecule is C=CCCOc1c(Br)cc(C(C)(C)c2cc(Br)c(O)c(Br)c2)cc1Br. The zero-order valence-electron chi connectivity index (χ0n) is 13.9. The lowest BCUT2D eigenvalue weighted by Crippen LogP contribution is -2.19. The van der Waals surface area contributed by atoms with Crippen molar-refractivity contribution < 1.29 is 9.84 Å². The summed E-state index contributed by atoms with van der Waals surface area (Å²) < 4.78 is 8.93. The largest absolute Gasteiger partial charge is 0.506 e. The first kappa shape index (κ1) is 21.0. The number of halogens is 4. The predicted octanol–water partition coefficient (Wildman–Crippen LogP) is 7.72. The highest BCUT2D eigenvalue weighted by molar-refractivity contribution is 9.11. The molecule has 2 rings (SSSR count). The van der Waals surface area contributed by atoms with Gasteiger partial charge in [-0.2, -0.15) is 0 Å². The molecule has 0 saturated carbocycles. The summed E-state index contributed by atoms with van der Waals surface area (Å²) in [7, 11) is 0. The zero-order chi connectivity index (χ0) is 18.8. The molecule has 0 aliphatic heterocycles. The number of aromatic hydroxyl groups is 1. The van der Waals surface area contributed by atoms with Crippen LogP contribution in [0.2, 0.25) is 0 Å². The van der Waals surface area contributed by atoms with Crippen LogP contribution in [0.3, 0.4) is 0 Å². The number of hydrogen-bond acceptors (Lipinski definition) is 2. The van der Waals surface area contributed by atoms with E-state index in [9.17, 15) is 5.11 Å². The summed E-state index contributed by atoms with van der Waals surface area (Å²) in [5.74, 6) is 0.988. The van der Waals surface area contributed by atoms with E-state index in [1.165, 1.54) is 0 Å². The molecule has 1 N–H and O–H groups in total. The van der Waals surface area contributed by atoms with E-state index in [1.54, 1.807) is 0 Å². The zero-order valence-corrected chi connectivity index (χ0v) is 20.2. The molecule has 0 aliphatic carbocycles. The molecular weight excluding hydrogens is 580 g/mol. The highest BCUT2D eigenvalue weighted by Crippen LogP contribution is 2.43. The predicted molar refractivity (Wildman–Crippen MR) is 118 cm³/mol. The van der Waals surface area contributed by atoms with E-state index in [2.05, 4.69) is 96.3 Å². The number of phenolic OH excluding ortho intramolecular Hbond substituents is 1. The van der Waals surface area contributed by atoms with Crippen LogP contribution >= 0.6 is 63.7 Å². The standard InChI is InChI=1S/C19H18Br4O2/c1-4-5-6-25-18-15(22)9-12(10-16(18)23)19(2,3)11-7-13(20)17(24)14(21)8-11/h4,7-10,24H,1,5-6H2,2-3H3. The molecule has 0 unspecified atom stereocenters. The number of hydrogen-bond donors (Lipinski definition) is 1. The van der Waals surface area contributed by atoms with Gasteiger partial charge in [0.05, 0.1) is 24.5 Å². The Kier molecular flexibility index (Phi) is 7.22. The van der Waals surface area contributed by atoms with E-state index in [0.29, 0.717) is 15.6 Å². The van der Waals surface area contributed by atoms with E-state index in [0.717, 1.165) is 32.2 Å². The highest BCUT2D eigenvalue weighted by Gasteiger charge is 2.27. The number of rotatable bonds is 6. The average Bonchev–Trinajstić information content (AvgIpc) is 2.54. The van der Waals surface area contributed by atoms with Gasteiger partial charge in [-0.3, -0.25) is 0 Å². The molecular formula is C19H18Br4O2. The maximum atomic E-state index is 9.96. The van der Waals surface area contributed by atoms with Crippen molar-refractivity contribution in [3.8, 4) is 11.5 Å². The normalized spacial score (nSPS) is 11.4. The van der Waals surface area contributed by atoms with Crippen LogP contribution in [0.5, 0.6) is 11.5 Å². The van der Waals surface area contributed by atoms with Crippen LogP contribution in [0.15, 0.2) is 54.8 Å². The lowest BCUT2D eigenvalue weighted by atomic mass is 9.78. The van der Waals surface area contributed by atoms with Gasteiger partial charge in [-0.1, -0.05) is 19.9 Å². The van der Waals surface area contributed by atoms with Gasteiger partial charge >= 0.3 is 0 Å². The summed E-state index contributed by atoms with van der Waals surface area (Å²) in [5, 5.41) is 9.96. The van der Waals surface area contributed by atoms with Crippen LogP contribution in [0.25, 0.3) is 0 Å². The van der Waals surface area contributed by atoms with Crippen LogP contribution < -0.4 is 4.74 Å². The molecule has 0 heterocycles. The monoisotopic (exact) mass is 594 g/mol. The first-order valence-corrected chi connectivity index (χ1v) is 10.8. The van der Waals surface area contributed by atoms with Crippen molar-refractivity contribution in [1.82, 2.24) is 0 Å². The van der Waals surface area contributed by atoms with Gasteiger partial charge < -0.3 is 9.84 Å². The lowest BCUT2D eigenvalue weighted by Gasteiger charge is -2.28. The Labute approximate surface area is 182 Å². The summed E-state index contributed by atoms with van der Waals surface area (Å²) in [6, 6.07) is 8.03. The molecule has 2 aromatic rings. The van der Waals surface area contributed by atoms with Crippen molar-refractivity contribution in [1.29, 1.82) is 0 Å². The molecule has 2 aromatic carbocycles.